The number of nitrogens with one attached hydrogen (secondary N) is 1. The first-order valence-electron chi connectivity index (χ1n) is 5.43. The summed E-state index contributed by atoms with van der Waals surface area (Å²) < 4.78 is 11.0. The predicted octanol–water partition coefficient (Wildman–Crippen LogP) is 1.81. The van der Waals surface area contributed by atoms with E-state index in [0.717, 1.165) is 19.4 Å². The van der Waals surface area contributed by atoms with Crippen LogP contribution in [0.2, 0.25) is 0 Å². The zero-order valence-electron chi connectivity index (χ0n) is 10.2. The number of rotatable bonds is 8. The highest BCUT2D eigenvalue weighted by molar-refractivity contribution is 4.64. The van der Waals surface area contributed by atoms with Crippen molar-refractivity contribution in [2.24, 2.45) is 0 Å². The molecule has 0 heterocycles. The molecule has 0 aliphatic carbocycles. The second-order valence-electron chi connectivity index (χ2n) is 3.98. The number of hydrogen-bond acceptors (Lipinski definition) is 3. The van der Waals surface area contributed by atoms with E-state index in [2.05, 4.69) is 26.1 Å². The molecule has 0 spiro atoms. The molecule has 1 N–H and O–H groups in total. The lowest BCUT2D eigenvalue weighted by molar-refractivity contribution is -0.0216. The van der Waals surface area contributed by atoms with Crippen LogP contribution in [0.4, 0.5) is 0 Å². The third-order valence-electron chi connectivity index (χ3n) is 2.15. The summed E-state index contributed by atoms with van der Waals surface area (Å²) in [6.07, 6.45) is 2.88. The van der Waals surface area contributed by atoms with Gasteiger partial charge in [0.25, 0.3) is 0 Å². The van der Waals surface area contributed by atoms with E-state index in [1.807, 2.05) is 7.05 Å². The maximum Gasteiger partial charge on any atom is 0.0608 e. The maximum atomic E-state index is 5.66. The van der Waals surface area contributed by atoms with E-state index in [1.54, 1.807) is 7.11 Å². The largest absolute Gasteiger partial charge is 0.381 e. The first kappa shape index (κ1) is 13.9. The Bertz CT molecular complexity index is 128. The van der Waals surface area contributed by atoms with Crippen molar-refractivity contribution in [1.82, 2.24) is 5.32 Å². The van der Waals surface area contributed by atoms with Crippen molar-refractivity contribution in [3.8, 4) is 0 Å². The Balaban J connectivity index is 3.68. The third kappa shape index (κ3) is 7.30. The van der Waals surface area contributed by atoms with Gasteiger partial charge in [0.1, 0.15) is 0 Å². The van der Waals surface area contributed by atoms with Gasteiger partial charge in [0.15, 0.2) is 0 Å². The molecule has 0 aromatic rings. The Hall–Kier alpha value is -0.120. The molecule has 2 atom stereocenters. The molecular weight excluding hydrogens is 178 g/mol. The van der Waals surface area contributed by atoms with E-state index in [4.69, 9.17) is 9.47 Å². The zero-order valence-corrected chi connectivity index (χ0v) is 10.2. The molecule has 0 saturated carbocycles. The second kappa shape index (κ2) is 8.21. The molecule has 0 aliphatic heterocycles. The van der Waals surface area contributed by atoms with Gasteiger partial charge in [-0.1, -0.05) is 0 Å². The average Bonchev–Trinajstić information content (AvgIpc) is 2.10. The summed E-state index contributed by atoms with van der Waals surface area (Å²) in [5.41, 5.74) is 0. The molecule has 0 fully saturated rings. The van der Waals surface area contributed by atoms with E-state index in [9.17, 15) is 0 Å². The van der Waals surface area contributed by atoms with Crippen molar-refractivity contribution in [3.63, 3.8) is 0 Å². The topological polar surface area (TPSA) is 30.5 Å². The van der Waals surface area contributed by atoms with Gasteiger partial charge in [0.2, 0.25) is 0 Å². The van der Waals surface area contributed by atoms with Crippen molar-refractivity contribution in [3.05, 3.63) is 0 Å². The van der Waals surface area contributed by atoms with Gasteiger partial charge in [0, 0.05) is 7.11 Å². The monoisotopic (exact) mass is 203 g/mol. The Morgan fingerprint density at radius 1 is 1.21 bits per heavy atom. The Kier molecular flexibility index (Phi) is 8.14. The van der Waals surface area contributed by atoms with Crippen LogP contribution in [0.25, 0.3) is 0 Å². The van der Waals surface area contributed by atoms with Crippen LogP contribution in [-0.4, -0.2) is 39.0 Å². The fourth-order valence-corrected chi connectivity index (χ4v) is 1.53. The van der Waals surface area contributed by atoms with Crippen LogP contribution < -0.4 is 5.32 Å². The average molecular weight is 203 g/mol. The summed E-state index contributed by atoms with van der Waals surface area (Å²) in [7, 11) is 3.73. The number of ether oxygens (including phenoxy) is 2. The highest BCUT2D eigenvalue weighted by atomic mass is 16.5. The smallest absolute Gasteiger partial charge is 0.0608 e. The SMILES string of the molecule is CNCCC(C[C@H](C)OC(C)C)OC. The molecule has 1 unspecified atom stereocenters. The standard InChI is InChI=1S/C11H25NO2/c1-9(2)14-10(3)8-11(13-5)6-7-12-4/h9-12H,6-8H2,1-5H3/t10-,11?/m0/s1. The first-order chi connectivity index (χ1) is 6.60. The van der Waals surface area contributed by atoms with Crippen molar-refractivity contribution in [2.75, 3.05) is 20.7 Å². The zero-order chi connectivity index (χ0) is 11.0. The van der Waals surface area contributed by atoms with E-state index < -0.39 is 0 Å². The molecular formula is C11H25NO2. The van der Waals surface area contributed by atoms with Gasteiger partial charge in [-0.2, -0.15) is 0 Å². The molecule has 14 heavy (non-hydrogen) atoms. The summed E-state index contributed by atoms with van der Waals surface area (Å²) >= 11 is 0. The Morgan fingerprint density at radius 3 is 2.29 bits per heavy atom. The van der Waals surface area contributed by atoms with E-state index in [0.29, 0.717) is 12.2 Å². The van der Waals surface area contributed by atoms with Gasteiger partial charge >= 0.3 is 0 Å². The summed E-state index contributed by atoms with van der Waals surface area (Å²) in [6, 6.07) is 0. The van der Waals surface area contributed by atoms with E-state index >= 15 is 0 Å². The van der Waals surface area contributed by atoms with Gasteiger partial charge < -0.3 is 14.8 Å². The van der Waals surface area contributed by atoms with Crippen molar-refractivity contribution >= 4 is 0 Å². The van der Waals surface area contributed by atoms with Crippen LogP contribution in [0.3, 0.4) is 0 Å². The van der Waals surface area contributed by atoms with Gasteiger partial charge in [-0.15, -0.1) is 0 Å². The van der Waals surface area contributed by atoms with Crippen LogP contribution >= 0.6 is 0 Å². The minimum Gasteiger partial charge on any atom is -0.381 e. The van der Waals surface area contributed by atoms with E-state index in [-0.39, 0.29) is 6.10 Å². The lowest BCUT2D eigenvalue weighted by Gasteiger charge is -2.21. The molecule has 0 rings (SSSR count). The molecule has 0 bridgehead atoms. The van der Waals surface area contributed by atoms with Crippen LogP contribution in [0.5, 0.6) is 0 Å². The highest BCUT2D eigenvalue weighted by Gasteiger charge is 2.13. The van der Waals surface area contributed by atoms with Crippen molar-refractivity contribution < 1.29 is 9.47 Å². The Morgan fingerprint density at radius 2 is 1.86 bits per heavy atom. The number of hydrogen-bond donors (Lipinski definition) is 1. The third-order valence-corrected chi connectivity index (χ3v) is 2.15. The minimum absolute atomic E-state index is 0.275. The summed E-state index contributed by atoms with van der Waals surface area (Å²) in [4.78, 5) is 0. The number of methoxy groups -OCH3 is 1. The van der Waals surface area contributed by atoms with Gasteiger partial charge in [-0.3, -0.25) is 0 Å². The molecule has 3 heteroatoms. The van der Waals surface area contributed by atoms with Crippen LogP contribution in [0.15, 0.2) is 0 Å². The molecule has 0 amide bonds. The molecule has 86 valence electrons. The van der Waals surface area contributed by atoms with Crippen LogP contribution in [0.1, 0.15) is 33.6 Å². The van der Waals surface area contributed by atoms with Crippen molar-refractivity contribution in [1.29, 1.82) is 0 Å². The van der Waals surface area contributed by atoms with E-state index in [1.165, 1.54) is 0 Å². The predicted molar refractivity (Wildman–Crippen MR) is 59.6 cm³/mol. The lowest BCUT2D eigenvalue weighted by atomic mass is 10.1. The second-order valence-corrected chi connectivity index (χ2v) is 3.98. The molecule has 0 radical (unpaired) electrons. The lowest BCUT2D eigenvalue weighted by Crippen LogP contribution is -2.25. The molecule has 0 aromatic carbocycles. The quantitative estimate of drug-likeness (QED) is 0.652. The molecule has 0 aliphatic rings. The normalized spacial score (nSPS) is 15.9. The fourth-order valence-electron chi connectivity index (χ4n) is 1.53. The van der Waals surface area contributed by atoms with Crippen LogP contribution in [-0.2, 0) is 9.47 Å². The van der Waals surface area contributed by atoms with Gasteiger partial charge in [-0.25, -0.2) is 0 Å². The molecule has 0 aromatic heterocycles. The summed E-state index contributed by atoms with van der Waals surface area (Å²) in [5.74, 6) is 0. The van der Waals surface area contributed by atoms with Gasteiger partial charge in [-0.05, 0) is 47.2 Å². The molecule has 3 nitrogen and oxygen atoms in total. The van der Waals surface area contributed by atoms with Crippen molar-refractivity contribution in [2.45, 2.75) is 51.9 Å². The first-order valence-corrected chi connectivity index (χ1v) is 5.43. The molecule has 0 saturated heterocycles. The van der Waals surface area contributed by atoms with Crippen LogP contribution in [0, 0.1) is 0 Å². The van der Waals surface area contributed by atoms with Gasteiger partial charge in [0.05, 0.1) is 18.3 Å². The summed E-state index contributed by atoms with van der Waals surface area (Å²) in [6.45, 7) is 7.22. The fraction of sp³-hybridized carbons (Fsp3) is 1.00. The maximum absolute atomic E-state index is 5.66. The minimum atomic E-state index is 0.275. The summed E-state index contributed by atoms with van der Waals surface area (Å²) in [5, 5.41) is 3.13. The Labute approximate surface area is 88.2 Å². The highest BCUT2D eigenvalue weighted by Crippen LogP contribution is 2.10.